The molecule has 0 aromatic heterocycles. The largest absolute Gasteiger partial charge is 0.329 e. The Kier molecular flexibility index (Phi) is 8.07. The van der Waals surface area contributed by atoms with Crippen LogP contribution in [0.2, 0.25) is 18.1 Å². The zero-order valence-electron chi connectivity index (χ0n) is 11.3. The first-order valence-corrected chi connectivity index (χ1v) is 9.02. The lowest BCUT2D eigenvalue weighted by molar-refractivity contribution is 0.600. The summed E-state index contributed by atoms with van der Waals surface area (Å²) in [7, 11) is 3.40. The van der Waals surface area contributed by atoms with Crippen molar-refractivity contribution in [1.29, 1.82) is 0 Å². The Morgan fingerprint density at radius 2 is 1.67 bits per heavy atom. The summed E-state index contributed by atoms with van der Waals surface area (Å²) in [5, 5.41) is 0. The Morgan fingerprint density at radius 3 is 2.07 bits per heavy atom. The van der Waals surface area contributed by atoms with Crippen LogP contribution in [0.15, 0.2) is 12.2 Å². The van der Waals surface area contributed by atoms with Crippen LogP contribution >= 0.6 is 0 Å². The topological polar surface area (TPSA) is 3.24 Å². The molecular formula is C13H29NSi. The minimum Gasteiger partial charge on any atom is -0.329 e. The average molecular weight is 227 g/mol. The third-order valence-corrected chi connectivity index (χ3v) is 9.08. The first kappa shape index (κ1) is 14.9. The zero-order valence-corrected chi connectivity index (χ0v) is 12.3. The van der Waals surface area contributed by atoms with Crippen LogP contribution in [-0.2, 0) is 0 Å². The van der Waals surface area contributed by atoms with Crippen LogP contribution in [0.3, 0.4) is 0 Å². The first-order chi connectivity index (χ1) is 7.13. The molecule has 0 rings (SSSR count). The maximum Gasteiger partial charge on any atom is 0.131 e. The van der Waals surface area contributed by atoms with Crippen molar-refractivity contribution in [1.82, 2.24) is 4.57 Å². The molecule has 0 bridgehead atoms. The van der Waals surface area contributed by atoms with Gasteiger partial charge in [0, 0.05) is 0 Å². The molecule has 2 heteroatoms. The lowest BCUT2D eigenvalue weighted by Crippen LogP contribution is -2.48. The van der Waals surface area contributed by atoms with Gasteiger partial charge in [-0.1, -0.05) is 45.8 Å². The van der Waals surface area contributed by atoms with Gasteiger partial charge in [-0.15, -0.1) is 0 Å². The molecule has 0 saturated carbocycles. The van der Waals surface area contributed by atoms with Gasteiger partial charge in [0.1, 0.15) is 8.24 Å². The van der Waals surface area contributed by atoms with Crippen LogP contribution in [0.1, 0.15) is 40.0 Å². The number of allylic oxidation sites excluding steroid dienone is 2. The van der Waals surface area contributed by atoms with E-state index in [0.29, 0.717) is 0 Å². The second-order valence-corrected chi connectivity index (χ2v) is 9.64. The molecule has 0 spiro atoms. The molecule has 1 atom stereocenters. The molecule has 0 N–H and O–H groups in total. The molecule has 0 aliphatic heterocycles. The van der Waals surface area contributed by atoms with Gasteiger partial charge in [0.25, 0.3) is 0 Å². The van der Waals surface area contributed by atoms with Gasteiger partial charge >= 0.3 is 0 Å². The fraction of sp³-hybridized carbons (Fsp3) is 0.846. The van der Waals surface area contributed by atoms with Gasteiger partial charge in [-0.2, -0.15) is 0 Å². The predicted octanol–water partition coefficient (Wildman–Crippen LogP) is 4.28. The zero-order chi connectivity index (χ0) is 11.7. The summed E-state index contributed by atoms with van der Waals surface area (Å²) in [6.45, 7) is 6.93. The maximum absolute atomic E-state index is 2.55. The van der Waals surface area contributed by atoms with Crippen molar-refractivity contribution in [3.05, 3.63) is 12.2 Å². The van der Waals surface area contributed by atoms with E-state index in [1.54, 1.807) is 0 Å². The summed E-state index contributed by atoms with van der Waals surface area (Å²) in [4.78, 5) is 0. The Bertz CT molecular complexity index is 177. The van der Waals surface area contributed by atoms with Crippen molar-refractivity contribution in [2.75, 3.05) is 14.1 Å². The van der Waals surface area contributed by atoms with E-state index in [-0.39, 0.29) is 0 Å². The lowest BCUT2D eigenvalue weighted by Gasteiger charge is -2.36. The number of nitrogens with zero attached hydrogens (tertiary/aromatic N) is 1. The van der Waals surface area contributed by atoms with Gasteiger partial charge in [-0.25, -0.2) is 0 Å². The minimum absolute atomic E-state index is 1.15. The molecular weight excluding hydrogens is 198 g/mol. The van der Waals surface area contributed by atoms with E-state index in [1.165, 1.54) is 37.4 Å². The van der Waals surface area contributed by atoms with Crippen molar-refractivity contribution in [3.8, 4) is 0 Å². The monoisotopic (exact) mass is 227 g/mol. The second-order valence-electron chi connectivity index (χ2n) is 4.69. The van der Waals surface area contributed by atoms with Crippen LogP contribution in [0.5, 0.6) is 0 Å². The van der Waals surface area contributed by atoms with Crippen LogP contribution in [0, 0.1) is 0 Å². The van der Waals surface area contributed by atoms with Crippen LogP contribution in [0.25, 0.3) is 0 Å². The number of hydrogen-bond acceptors (Lipinski definition) is 1. The normalized spacial score (nSPS) is 16.1. The SMILES string of the molecule is CCCC=CC[Si](CC)(CCC)N(C)C. The number of unbranched alkanes of at least 4 members (excludes halogenated alkanes) is 1. The fourth-order valence-electron chi connectivity index (χ4n) is 2.20. The summed E-state index contributed by atoms with van der Waals surface area (Å²) in [6, 6.07) is 4.15. The Labute approximate surface area is 97.6 Å². The van der Waals surface area contributed by atoms with Crippen molar-refractivity contribution >= 4 is 8.24 Å². The molecule has 90 valence electrons. The standard InChI is InChI=1S/C13H29NSi/c1-6-9-10-11-13-15(8-3,12-7-2)14(4)5/h10-11H,6-9,12-13H2,1-5H3. The quantitative estimate of drug-likeness (QED) is 0.442. The predicted molar refractivity (Wildman–Crippen MR) is 73.9 cm³/mol. The van der Waals surface area contributed by atoms with Gasteiger partial charge in [-0.05, 0) is 38.6 Å². The summed E-state index contributed by atoms with van der Waals surface area (Å²) >= 11 is 0. The van der Waals surface area contributed by atoms with Crippen LogP contribution < -0.4 is 0 Å². The molecule has 0 saturated heterocycles. The lowest BCUT2D eigenvalue weighted by atomic mass is 10.3. The maximum atomic E-state index is 2.55. The average Bonchev–Trinajstić information content (AvgIpc) is 2.22. The smallest absolute Gasteiger partial charge is 0.131 e. The molecule has 0 radical (unpaired) electrons. The molecule has 15 heavy (non-hydrogen) atoms. The molecule has 0 amide bonds. The third-order valence-electron chi connectivity index (χ3n) is 3.44. The van der Waals surface area contributed by atoms with Crippen molar-refractivity contribution < 1.29 is 0 Å². The van der Waals surface area contributed by atoms with E-state index in [2.05, 4.69) is 51.6 Å². The van der Waals surface area contributed by atoms with Gasteiger partial charge in [0.15, 0.2) is 0 Å². The molecule has 0 aliphatic carbocycles. The Morgan fingerprint density at radius 1 is 1.00 bits per heavy atom. The van der Waals surface area contributed by atoms with Crippen molar-refractivity contribution in [2.45, 2.75) is 58.2 Å². The summed E-state index contributed by atoms with van der Waals surface area (Å²) in [5.41, 5.74) is 0. The molecule has 1 nitrogen and oxygen atoms in total. The van der Waals surface area contributed by atoms with Crippen LogP contribution in [-0.4, -0.2) is 26.9 Å². The van der Waals surface area contributed by atoms with Gasteiger partial charge < -0.3 is 4.57 Å². The van der Waals surface area contributed by atoms with Gasteiger partial charge in [0.2, 0.25) is 0 Å². The van der Waals surface area contributed by atoms with E-state index in [1.807, 2.05) is 0 Å². The van der Waals surface area contributed by atoms with Gasteiger partial charge in [0.05, 0.1) is 0 Å². The molecule has 0 aliphatic rings. The van der Waals surface area contributed by atoms with E-state index >= 15 is 0 Å². The highest BCUT2D eigenvalue weighted by Crippen LogP contribution is 2.25. The third kappa shape index (κ3) is 4.98. The van der Waals surface area contributed by atoms with E-state index in [4.69, 9.17) is 0 Å². The van der Waals surface area contributed by atoms with E-state index in [0.717, 1.165) is 0 Å². The van der Waals surface area contributed by atoms with Crippen molar-refractivity contribution in [2.24, 2.45) is 0 Å². The minimum atomic E-state index is -1.15. The highest BCUT2D eigenvalue weighted by Gasteiger charge is 2.31. The number of hydrogen-bond donors (Lipinski definition) is 0. The summed E-state index contributed by atoms with van der Waals surface area (Å²) < 4.78 is 2.55. The Hall–Kier alpha value is -0.0831. The molecule has 0 aromatic rings. The van der Waals surface area contributed by atoms with E-state index < -0.39 is 8.24 Å². The highest BCUT2D eigenvalue weighted by molar-refractivity contribution is 6.77. The molecule has 0 aromatic carbocycles. The first-order valence-electron chi connectivity index (χ1n) is 6.45. The van der Waals surface area contributed by atoms with Gasteiger partial charge in [-0.3, -0.25) is 0 Å². The van der Waals surface area contributed by atoms with E-state index in [9.17, 15) is 0 Å². The Balaban J connectivity index is 4.34. The molecule has 1 unspecified atom stereocenters. The highest BCUT2D eigenvalue weighted by atomic mass is 28.3. The molecule has 0 fully saturated rings. The molecule has 0 heterocycles. The summed E-state index contributed by atoms with van der Waals surface area (Å²) in [5.74, 6) is 0. The van der Waals surface area contributed by atoms with Crippen LogP contribution in [0.4, 0.5) is 0 Å². The van der Waals surface area contributed by atoms with Crippen molar-refractivity contribution in [3.63, 3.8) is 0 Å². The fourth-order valence-corrected chi connectivity index (χ4v) is 6.03. The summed E-state index contributed by atoms with van der Waals surface area (Å²) in [6.07, 6.45) is 8.66. The number of rotatable bonds is 8. The second kappa shape index (κ2) is 8.11.